The number of rotatable bonds is 6. The van der Waals surface area contributed by atoms with Crippen molar-refractivity contribution in [2.45, 2.75) is 20.0 Å². The average molecular weight is 551 g/mol. The molecule has 0 bridgehead atoms. The number of guanidine groups is 1. The molecule has 1 heterocycles. The molecule has 0 aromatic heterocycles. The number of nitrogens with one attached hydrogen (secondary N) is 3. The molecular weight excluding hydrogens is 521 g/mol. The summed E-state index contributed by atoms with van der Waals surface area (Å²) in [5.74, 6) is 1.26. The number of amides is 2. The summed E-state index contributed by atoms with van der Waals surface area (Å²) < 4.78 is 5.45. The zero-order chi connectivity index (χ0) is 22.2. The molecule has 8 nitrogen and oxygen atoms in total. The first-order valence-corrected chi connectivity index (χ1v) is 10.2. The van der Waals surface area contributed by atoms with Gasteiger partial charge in [-0.15, -0.1) is 24.0 Å². The lowest BCUT2D eigenvalue weighted by molar-refractivity contribution is -0.123. The van der Waals surface area contributed by atoms with E-state index in [9.17, 15) is 9.59 Å². The van der Waals surface area contributed by atoms with Crippen LogP contribution < -0.4 is 20.7 Å². The number of benzene rings is 2. The molecule has 2 amide bonds. The number of aliphatic imine (C=N–C) groups is 1. The number of carbonyl (C=O) groups excluding carboxylic acids is 2. The van der Waals surface area contributed by atoms with Crippen LogP contribution in [0, 0.1) is 6.92 Å². The maximum absolute atomic E-state index is 12.6. The third kappa shape index (κ3) is 6.84. The third-order valence-electron chi connectivity index (χ3n) is 5.10. The molecular formula is C23H30IN5O3. The predicted octanol–water partition coefficient (Wildman–Crippen LogP) is 2.06. The number of ether oxygens (including phenoxy) is 1. The van der Waals surface area contributed by atoms with Crippen molar-refractivity contribution >= 4 is 41.8 Å². The van der Waals surface area contributed by atoms with Gasteiger partial charge < -0.3 is 25.6 Å². The Morgan fingerprint density at radius 3 is 2.53 bits per heavy atom. The first-order chi connectivity index (χ1) is 15.0. The lowest BCUT2D eigenvalue weighted by Crippen LogP contribution is -2.49. The van der Waals surface area contributed by atoms with Crippen molar-refractivity contribution in [3.63, 3.8) is 0 Å². The summed E-state index contributed by atoms with van der Waals surface area (Å²) in [6.45, 7) is 4.30. The minimum atomic E-state index is -0.126. The standard InChI is InChI=1S/C23H29N5O3.HI/c1-16-4-7-19(20(12-16)31-3)14-27-23(24-2)26-13-17-5-8-18(9-6-17)22(30)28-11-10-25-21(29)15-28;/h4-9,12H,10-11,13-15H2,1-3H3,(H,25,29)(H2,24,26,27);1H. The Labute approximate surface area is 205 Å². The number of aryl methyl sites for hydroxylation is 1. The van der Waals surface area contributed by atoms with E-state index < -0.39 is 0 Å². The second-order valence-corrected chi connectivity index (χ2v) is 7.37. The van der Waals surface area contributed by atoms with Crippen LogP contribution in [0.2, 0.25) is 0 Å². The van der Waals surface area contributed by atoms with Gasteiger partial charge in [0.1, 0.15) is 5.75 Å². The van der Waals surface area contributed by atoms with Gasteiger partial charge in [0.05, 0.1) is 13.7 Å². The van der Waals surface area contributed by atoms with Gasteiger partial charge in [-0.25, -0.2) is 0 Å². The maximum atomic E-state index is 12.6. The fourth-order valence-electron chi connectivity index (χ4n) is 3.34. The van der Waals surface area contributed by atoms with Crippen LogP contribution in [0.25, 0.3) is 0 Å². The summed E-state index contributed by atoms with van der Waals surface area (Å²) in [5, 5.41) is 9.28. The van der Waals surface area contributed by atoms with Crippen LogP contribution in [0.15, 0.2) is 47.5 Å². The fraction of sp³-hybridized carbons (Fsp3) is 0.348. The van der Waals surface area contributed by atoms with E-state index in [2.05, 4.69) is 27.0 Å². The van der Waals surface area contributed by atoms with E-state index in [1.54, 1.807) is 31.2 Å². The Morgan fingerprint density at radius 1 is 1.16 bits per heavy atom. The lowest BCUT2D eigenvalue weighted by atomic mass is 10.1. The summed E-state index contributed by atoms with van der Waals surface area (Å²) >= 11 is 0. The molecule has 0 radical (unpaired) electrons. The van der Waals surface area contributed by atoms with Crippen LogP contribution in [0.4, 0.5) is 0 Å². The topological polar surface area (TPSA) is 95.1 Å². The second-order valence-electron chi connectivity index (χ2n) is 7.37. The van der Waals surface area contributed by atoms with Gasteiger partial charge >= 0.3 is 0 Å². The molecule has 1 aliphatic rings. The lowest BCUT2D eigenvalue weighted by Gasteiger charge is -2.26. The molecule has 9 heteroatoms. The van der Waals surface area contributed by atoms with E-state index in [0.717, 1.165) is 22.4 Å². The molecule has 0 unspecified atom stereocenters. The largest absolute Gasteiger partial charge is 0.496 e. The summed E-state index contributed by atoms with van der Waals surface area (Å²) in [6, 6.07) is 13.5. The van der Waals surface area contributed by atoms with Gasteiger partial charge in [0, 0.05) is 44.4 Å². The number of nitrogens with zero attached hydrogens (tertiary/aromatic N) is 2. The minimum Gasteiger partial charge on any atom is -0.496 e. The molecule has 32 heavy (non-hydrogen) atoms. The molecule has 0 saturated carbocycles. The zero-order valence-corrected chi connectivity index (χ0v) is 20.9. The Morgan fingerprint density at radius 2 is 1.88 bits per heavy atom. The Kier molecular flexibility index (Phi) is 9.76. The third-order valence-corrected chi connectivity index (χ3v) is 5.10. The van der Waals surface area contributed by atoms with Crippen molar-refractivity contribution in [1.82, 2.24) is 20.9 Å². The van der Waals surface area contributed by atoms with Gasteiger partial charge in [-0.05, 0) is 36.2 Å². The number of hydrogen-bond donors (Lipinski definition) is 3. The number of hydrogen-bond acceptors (Lipinski definition) is 4. The summed E-state index contributed by atoms with van der Waals surface area (Å²) in [4.78, 5) is 29.9. The average Bonchev–Trinajstić information content (AvgIpc) is 2.79. The molecule has 172 valence electrons. The highest BCUT2D eigenvalue weighted by Gasteiger charge is 2.22. The van der Waals surface area contributed by atoms with Crippen molar-refractivity contribution in [3.8, 4) is 5.75 Å². The molecule has 0 spiro atoms. The van der Waals surface area contributed by atoms with Crippen LogP contribution in [-0.4, -0.2) is 56.5 Å². The molecule has 3 N–H and O–H groups in total. The van der Waals surface area contributed by atoms with E-state index in [0.29, 0.717) is 37.7 Å². The van der Waals surface area contributed by atoms with Crippen LogP contribution in [-0.2, 0) is 17.9 Å². The highest BCUT2D eigenvalue weighted by Crippen LogP contribution is 2.19. The first kappa shape index (κ1) is 25.4. The quantitative estimate of drug-likeness (QED) is 0.291. The first-order valence-electron chi connectivity index (χ1n) is 10.2. The van der Waals surface area contributed by atoms with E-state index in [1.165, 1.54) is 0 Å². The van der Waals surface area contributed by atoms with Crippen LogP contribution in [0.5, 0.6) is 5.75 Å². The Hall–Kier alpha value is -2.82. The smallest absolute Gasteiger partial charge is 0.254 e. The molecule has 0 atom stereocenters. The summed E-state index contributed by atoms with van der Waals surface area (Å²) in [6.07, 6.45) is 0. The molecule has 0 aliphatic carbocycles. The van der Waals surface area contributed by atoms with Crippen molar-refractivity contribution < 1.29 is 14.3 Å². The highest BCUT2D eigenvalue weighted by molar-refractivity contribution is 14.0. The normalized spacial score (nSPS) is 13.7. The molecule has 2 aromatic carbocycles. The van der Waals surface area contributed by atoms with Crippen molar-refractivity contribution in [3.05, 3.63) is 64.7 Å². The van der Waals surface area contributed by atoms with Gasteiger partial charge in [0.2, 0.25) is 5.91 Å². The molecule has 1 aliphatic heterocycles. The van der Waals surface area contributed by atoms with Gasteiger partial charge in [-0.3, -0.25) is 14.6 Å². The Balaban J connectivity index is 0.00000363. The zero-order valence-electron chi connectivity index (χ0n) is 18.6. The predicted molar refractivity (Wildman–Crippen MR) is 136 cm³/mol. The fourth-order valence-corrected chi connectivity index (χ4v) is 3.34. The van der Waals surface area contributed by atoms with Crippen molar-refractivity contribution in [1.29, 1.82) is 0 Å². The highest BCUT2D eigenvalue weighted by atomic mass is 127. The van der Waals surface area contributed by atoms with Gasteiger partial charge in [-0.2, -0.15) is 0 Å². The van der Waals surface area contributed by atoms with Crippen LogP contribution >= 0.6 is 24.0 Å². The van der Waals surface area contributed by atoms with Gasteiger partial charge in [-0.1, -0.05) is 24.3 Å². The second kappa shape index (κ2) is 12.3. The SMILES string of the molecule is CN=C(NCc1ccc(C(=O)N2CCNC(=O)C2)cc1)NCc1ccc(C)cc1OC.I. The summed E-state index contributed by atoms with van der Waals surface area (Å²) in [7, 11) is 3.39. The van der Waals surface area contributed by atoms with E-state index in [1.807, 2.05) is 31.2 Å². The van der Waals surface area contributed by atoms with Crippen molar-refractivity contribution in [2.75, 3.05) is 33.8 Å². The van der Waals surface area contributed by atoms with E-state index in [4.69, 9.17) is 4.74 Å². The molecule has 1 saturated heterocycles. The number of methoxy groups -OCH3 is 1. The molecule has 3 rings (SSSR count). The van der Waals surface area contributed by atoms with Crippen molar-refractivity contribution in [2.24, 2.45) is 4.99 Å². The number of piperazine rings is 1. The van der Waals surface area contributed by atoms with Crippen LogP contribution in [0.1, 0.15) is 27.0 Å². The Bertz CT molecular complexity index is 963. The molecule has 2 aromatic rings. The number of halogens is 1. The molecule has 1 fully saturated rings. The van der Waals surface area contributed by atoms with E-state index in [-0.39, 0.29) is 42.3 Å². The minimum absolute atomic E-state index is 0. The monoisotopic (exact) mass is 551 g/mol. The van der Waals surface area contributed by atoms with Gasteiger partial charge in [0.15, 0.2) is 5.96 Å². The van der Waals surface area contributed by atoms with Gasteiger partial charge in [0.25, 0.3) is 5.91 Å². The number of carbonyl (C=O) groups is 2. The maximum Gasteiger partial charge on any atom is 0.254 e. The van der Waals surface area contributed by atoms with E-state index >= 15 is 0 Å². The summed E-state index contributed by atoms with van der Waals surface area (Å²) in [5.41, 5.74) is 3.79. The van der Waals surface area contributed by atoms with Crippen LogP contribution in [0.3, 0.4) is 0 Å².